The highest BCUT2D eigenvalue weighted by Gasteiger charge is 2.11. The maximum atomic E-state index is 11.9. The van der Waals surface area contributed by atoms with Crippen LogP contribution < -0.4 is 0 Å². The molecule has 0 saturated carbocycles. The van der Waals surface area contributed by atoms with Crippen molar-refractivity contribution in [2.45, 2.75) is 6.42 Å². The van der Waals surface area contributed by atoms with Crippen molar-refractivity contribution in [3.05, 3.63) is 71.8 Å². The fraction of sp³-hybridized carbons (Fsp3) is 0.0667. The number of hydrogen-bond acceptors (Lipinski definition) is 2. The van der Waals surface area contributed by atoms with E-state index in [0.29, 0.717) is 12.0 Å². The number of carbonyl (C=O) groups is 1. The highest BCUT2D eigenvalue weighted by atomic mass is 16.1. The SMILES string of the molecule is N=C(Cc1ccccc1)C(=O)c1ccccc1. The van der Waals surface area contributed by atoms with E-state index in [1.54, 1.807) is 12.1 Å². The second-order valence-electron chi connectivity index (χ2n) is 3.84. The Hall–Kier alpha value is -2.22. The fourth-order valence-electron chi connectivity index (χ4n) is 1.64. The zero-order chi connectivity index (χ0) is 12.1. The van der Waals surface area contributed by atoms with Crippen LogP contribution in [-0.2, 0) is 6.42 Å². The lowest BCUT2D eigenvalue weighted by Gasteiger charge is -2.03. The van der Waals surface area contributed by atoms with Crippen molar-refractivity contribution in [2.75, 3.05) is 0 Å². The van der Waals surface area contributed by atoms with Gasteiger partial charge in [0, 0.05) is 12.0 Å². The first-order chi connectivity index (χ1) is 8.27. The Labute approximate surface area is 100 Å². The van der Waals surface area contributed by atoms with Crippen LogP contribution in [-0.4, -0.2) is 11.5 Å². The van der Waals surface area contributed by atoms with Gasteiger partial charge in [-0.05, 0) is 5.56 Å². The van der Waals surface area contributed by atoms with Crippen LogP contribution in [0.2, 0.25) is 0 Å². The van der Waals surface area contributed by atoms with Crippen LogP contribution in [0.4, 0.5) is 0 Å². The molecule has 0 aliphatic rings. The van der Waals surface area contributed by atoms with E-state index in [1.807, 2.05) is 48.5 Å². The molecule has 0 bridgehead atoms. The van der Waals surface area contributed by atoms with Gasteiger partial charge in [-0.1, -0.05) is 60.7 Å². The Kier molecular flexibility index (Phi) is 3.46. The van der Waals surface area contributed by atoms with Gasteiger partial charge >= 0.3 is 0 Å². The number of rotatable bonds is 4. The van der Waals surface area contributed by atoms with Gasteiger partial charge in [0.15, 0.2) is 0 Å². The summed E-state index contributed by atoms with van der Waals surface area (Å²) in [5, 5.41) is 7.82. The topological polar surface area (TPSA) is 40.9 Å². The number of Topliss-reactive ketones (excluding diaryl/α,β-unsaturated/α-hetero) is 1. The summed E-state index contributed by atoms with van der Waals surface area (Å²) in [7, 11) is 0. The van der Waals surface area contributed by atoms with Gasteiger partial charge < -0.3 is 5.41 Å². The molecule has 2 aromatic rings. The van der Waals surface area contributed by atoms with E-state index < -0.39 is 0 Å². The largest absolute Gasteiger partial charge is 0.301 e. The summed E-state index contributed by atoms with van der Waals surface area (Å²) in [5.74, 6) is -0.200. The van der Waals surface area contributed by atoms with Crippen LogP contribution >= 0.6 is 0 Å². The number of benzene rings is 2. The molecule has 0 amide bonds. The highest BCUT2D eigenvalue weighted by Crippen LogP contribution is 2.06. The molecular formula is C15H13NO. The van der Waals surface area contributed by atoms with Crippen molar-refractivity contribution in [1.29, 1.82) is 5.41 Å². The first-order valence-corrected chi connectivity index (χ1v) is 5.48. The number of carbonyl (C=O) groups excluding carboxylic acids is 1. The molecule has 0 unspecified atom stereocenters. The van der Waals surface area contributed by atoms with Crippen molar-refractivity contribution >= 4 is 11.5 Å². The molecule has 2 aromatic carbocycles. The van der Waals surface area contributed by atoms with Gasteiger partial charge in [0.2, 0.25) is 5.78 Å². The number of nitrogens with one attached hydrogen (secondary N) is 1. The van der Waals surface area contributed by atoms with Crippen LogP contribution in [0, 0.1) is 5.41 Å². The summed E-state index contributed by atoms with van der Waals surface area (Å²) in [5.41, 5.74) is 1.69. The zero-order valence-electron chi connectivity index (χ0n) is 9.39. The summed E-state index contributed by atoms with van der Waals surface area (Å²) in [6.07, 6.45) is 0.383. The molecule has 0 saturated heterocycles. The van der Waals surface area contributed by atoms with E-state index >= 15 is 0 Å². The fourth-order valence-corrected chi connectivity index (χ4v) is 1.64. The quantitative estimate of drug-likeness (QED) is 0.628. The molecule has 1 N–H and O–H groups in total. The van der Waals surface area contributed by atoms with E-state index in [2.05, 4.69) is 0 Å². The van der Waals surface area contributed by atoms with Crippen LogP contribution in [0.5, 0.6) is 0 Å². The molecule has 2 heteroatoms. The molecule has 0 fully saturated rings. The van der Waals surface area contributed by atoms with Gasteiger partial charge in [0.25, 0.3) is 0 Å². The van der Waals surface area contributed by atoms with E-state index in [-0.39, 0.29) is 11.5 Å². The molecular weight excluding hydrogens is 210 g/mol. The Balaban J connectivity index is 2.09. The number of hydrogen-bond donors (Lipinski definition) is 1. The molecule has 0 atom stereocenters. The van der Waals surface area contributed by atoms with Crippen LogP contribution in [0.15, 0.2) is 60.7 Å². The Morgan fingerprint density at radius 3 is 2.00 bits per heavy atom. The van der Waals surface area contributed by atoms with Crippen molar-refractivity contribution in [1.82, 2.24) is 0 Å². The molecule has 0 aliphatic heterocycles. The highest BCUT2D eigenvalue weighted by molar-refractivity contribution is 6.45. The van der Waals surface area contributed by atoms with Crippen molar-refractivity contribution in [2.24, 2.45) is 0 Å². The monoisotopic (exact) mass is 223 g/mol. The summed E-state index contributed by atoms with van der Waals surface area (Å²) < 4.78 is 0. The Morgan fingerprint density at radius 1 is 0.882 bits per heavy atom. The van der Waals surface area contributed by atoms with Gasteiger partial charge in [-0.15, -0.1) is 0 Å². The second kappa shape index (κ2) is 5.21. The maximum Gasteiger partial charge on any atom is 0.206 e. The lowest BCUT2D eigenvalue weighted by molar-refractivity contribution is 0.106. The molecule has 17 heavy (non-hydrogen) atoms. The van der Waals surface area contributed by atoms with E-state index in [9.17, 15) is 4.79 Å². The predicted molar refractivity (Wildman–Crippen MR) is 68.6 cm³/mol. The van der Waals surface area contributed by atoms with Gasteiger partial charge in [-0.2, -0.15) is 0 Å². The predicted octanol–water partition coefficient (Wildman–Crippen LogP) is 3.13. The van der Waals surface area contributed by atoms with Gasteiger partial charge in [0.1, 0.15) is 0 Å². The lowest BCUT2D eigenvalue weighted by atomic mass is 10.0. The average molecular weight is 223 g/mol. The van der Waals surface area contributed by atoms with E-state index in [1.165, 1.54) is 0 Å². The maximum absolute atomic E-state index is 11.9. The lowest BCUT2D eigenvalue weighted by Crippen LogP contribution is -2.15. The van der Waals surface area contributed by atoms with Crippen molar-refractivity contribution in [3.63, 3.8) is 0 Å². The minimum absolute atomic E-state index is 0.127. The molecule has 2 rings (SSSR count). The van der Waals surface area contributed by atoms with E-state index in [4.69, 9.17) is 5.41 Å². The third-order valence-electron chi connectivity index (χ3n) is 2.53. The van der Waals surface area contributed by atoms with Crippen molar-refractivity contribution in [3.8, 4) is 0 Å². The van der Waals surface area contributed by atoms with E-state index in [0.717, 1.165) is 5.56 Å². The summed E-state index contributed by atoms with van der Waals surface area (Å²) in [6.45, 7) is 0. The van der Waals surface area contributed by atoms with Gasteiger partial charge in [-0.25, -0.2) is 0 Å². The van der Waals surface area contributed by atoms with Crippen molar-refractivity contribution < 1.29 is 4.79 Å². The summed E-state index contributed by atoms with van der Waals surface area (Å²) in [4.78, 5) is 11.9. The first kappa shape index (κ1) is 11.3. The molecule has 0 spiro atoms. The van der Waals surface area contributed by atoms with Gasteiger partial charge in [-0.3, -0.25) is 4.79 Å². The zero-order valence-corrected chi connectivity index (χ0v) is 9.39. The summed E-state index contributed by atoms with van der Waals surface area (Å²) >= 11 is 0. The normalized spacial score (nSPS) is 9.88. The smallest absolute Gasteiger partial charge is 0.206 e. The molecule has 2 nitrogen and oxygen atoms in total. The standard InChI is InChI=1S/C15H13NO/c16-14(11-12-7-3-1-4-8-12)15(17)13-9-5-2-6-10-13/h1-10,16H,11H2. The van der Waals surface area contributed by atoms with Gasteiger partial charge in [0.05, 0.1) is 5.71 Å². The third kappa shape index (κ3) is 2.88. The second-order valence-corrected chi connectivity index (χ2v) is 3.84. The summed E-state index contributed by atoms with van der Waals surface area (Å²) in [6, 6.07) is 18.5. The van der Waals surface area contributed by atoms with Crippen LogP contribution in [0.3, 0.4) is 0 Å². The molecule has 84 valence electrons. The number of ketones is 1. The molecule has 0 radical (unpaired) electrons. The minimum Gasteiger partial charge on any atom is -0.301 e. The third-order valence-corrected chi connectivity index (χ3v) is 2.53. The Morgan fingerprint density at radius 2 is 1.41 bits per heavy atom. The molecule has 0 heterocycles. The first-order valence-electron chi connectivity index (χ1n) is 5.48. The average Bonchev–Trinajstić information content (AvgIpc) is 2.40. The molecule has 0 aromatic heterocycles. The molecule has 0 aliphatic carbocycles. The Bertz CT molecular complexity index is 517. The minimum atomic E-state index is -0.200. The van der Waals surface area contributed by atoms with Crippen LogP contribution in [0.25, 0.3) is 0 Å². The van der Waals surface area contributed by atoms with Crippen LogP contribution in [0.1, 0.15) is 15.9 Å².